The molecule has 1 aliphatic rings. The van der Waals surface area contributed by atoms with Crippen LogP contribution in [0.15, 0.2) is 97.6 Å². The van der Waals surface area contributed by atoms with Crippen LogP contribution in [0.1, 0.15) is 66.9 Å². The summed E-state index contributed by atoms with van der Waals surface area (Å²) in [4.78, 5) is 33.6. The summed E-state index contributed by atoms with van der Waals surface area (Å²) in [5.74, 6) is -1.10. The number of amides is 1. The molecule has 0 bridgehead atoms. The molecule has 4 aromatic carbocycles. The lowest BCUT2D eigenvalue weighted by Gasteiger charge is -2.18. The molecule has 324 valence electrons. The van der Waals surface area contributed by atoms with E-state index in [9.17, 15) is 25.2 Å². The van der Waals surface area contributed by atoms with E-state index in [2.05, 4.69) is 21.4 Å². The number of aromatic nitrogens is 2. The van der Waals surface area contributed by atoms with E-state index >= 15 is 0 Å². The molecule has 0 spiro atoms. The number of aromatic carboxylic acids is 1. The molecule has 1 fully saturated rings. The van der Waals surface area contributed by atoms with Crippen molar-refractivity contribution in [1.82, 2.24) is 15.3 Å². The molecular weight excluding hydrogens is 904 g/mol. The van der Waals surface area contributed by atoms with Crippen molar-refractivity contribution < 1.29 is 38.4 Å². The molecule has 0 aliphatic carbocycles. The van der Waals surface area contributed by atoms with E-state index in [0.717, 1.165) is 12.8 Å². The normalized spacial score (nSPS) is 13.1. The topological polar surface area (TPSA) is 186 Å². The third-order valence-corrected chi connectivity index (χ3v) is 11.4. The third-order valence-electron chi connectivity index (χ3n) is 9.91. The highest BCUT2D eigenvalue weighted by molar-refractivity contribution is 6.37. The van der Waals surface area contributed by atoms with Gasteiger partial charge in [-0.2, -0.15) is 10.5 Å². The van der Waals surface area contributed by atoms with Crippen LogP contribution in [0.25, 0.3) is 11.1 Å². The van der Waals surface area contributed by atoms with Gasteiger partial charge in [-0.15, -0.1) is 0 Å². The van der Waals surface area contributed by atoms with E-state index in [0.29, 0.717) is 67.7 Å². The second-order valence-electron chi connectivity index (χ2n) is 14.3. The Bertz CT molecular complexity index is 2810. The van der Waals surface area contributed by atoms with Crippen LogP contribution in [0.3, 0.4) is 0 Å². The van der Waals surface area contributed by atoms with Crippen molar-refractivity contribution in [2.75, 3.05) is 13.2 Å². The van der Waals surface area contributed by atoms with Gasteiger partial charge >= 0.3 is 5.97 Å². The number of carboxylic acids is 1. The van der Waals surface area contributed by atoms with Gasteiger partial charge in [0.1, 0.15) is 67.1 Å². The molecule has 6 aromatic rings. The molecule has 7 rings (SSSR count). The lowest BCUT2D eigenvalue weighted by atomic mass is 10.0. The molecule has 64 heavy (non-hydrogen) atoms. The first-order valence-electron chi connectivity index (χ1n) is 19.6. The minimum absolute atomic E-state index is 0.00339. The number of nitriles is 2. The molecule has 1 aliphatic heterocycles. The highest BCUT2D eigenvalue weighted by atomic mass is 35.5. The number of hydrogen-bond donors (Lipinski definition) is 2. The number of rotatable bonds is 17. The highest BCUT2D eigenvalue weighted by Gasteiger charge is 2.23. The molecule has 1 saturated heterocycles. The second kappa shape index (κ2) is 21.2. The first-order chi connectivity index (χ1) is 31.0. The Morgan fingerprint density at radius 3 is 1.67 bits per heavy atom. The van der Waals surface area contributed by atoms with Gasteiger partial charge in [0.25, 0.3) is 5.91 Å². The van der Waals surface area contributed by atoms with Crippen LogP contribution in [-0.4, -0.2) is 46.2 Å². The highest BCUT2D eigenvalue weighted by Crippen LogP contribution is 2.40. The van der Waals surface area contributed by atoms with Crippen molar-refractivity contribution in [2.24, 2.45) is 0 Å². The Kier molecular flexibility index (Phi) is 15.0. The maximum absolute atomic E-state index is 13.4. The zero-order chi connectivity index (χ0) is 45.2. The van der Waals surface area contributed by atoms with Crippen molar-refractivity contribution in [3.63, 3.8) is 0 Å². The van der Waals surface area contributed by atoms with E-state index in [1.54, 1.807) is 48.7 Å². The standard InChI is InChI=1S/C47H35Cl4N5O8/c48-38-12-36(46(57)56-22-33-6-3-9-60-33)40(61-23-29-10-27(16-52)18-54-20-29)14-42(38)63-25-31-4-1-7-34(44(31)50)35-8-2-5-32(45(35)51)26-64-43-15-41(37(47(58)59)13-39(43)49)62-24-30-11-28(17-53)19-55-21-30/h1-2,4-5,7-8,10-15,18-21,33H,3,6,9,22-26H2,(H,56,57)(H,58,59). The summed E-state index contributed by atoms with van der Waals surface area (Å²) < 4.78 is 29.9. The summed E-state index contributed by atoms with van der Waals surface area (Å²) in [6, 6.07) is 23.7. The van der Waals surface area contributed by atoms with Gasteiger partial charge in [0.15, 0.2) is 0 Å². The molecule has 1 unspecified atom stereocenters. The fourth-order valence-electron chi connectivity index (χ4n) is 6.67. The van der Waals surface area contributed by atoms with Crippen molar-refractivity contribution in [2.45, 2.75) is 45.4 Å². The van der Waals surface area contributed by atoms with Gasteiger partial charge in [-0.1, -0.05) is 82.8 Å². The quantitative estimate of drug-likeness (QED) is 0.0883. The summed E-state index contributed by atoms with van der Waals surface area (Å²) >= 11 is 27.2. The van der Waals surface area contributed by atoms with Crippen molar-refractivity contribution in [3.05, 3.63) is 162 Å². The minimum Gasteiger partial charge on any atom is -0.488 e. The van der Waals surface area contributed by atoms with Crippen LogP contribution < -0.4 is 24.3 Å². The summed E-state index contributed by atoms with van der Waals surface area (Å²) in [5.41, 5.74) is 4.25. The average Bonchev–Trinajstić information content (AvgIpc) is 3.84. The zero-order valence-corrected chi connectivity index (χ0v) is 36.6. The number of benzene rings is 4. The monoisotopic (exact) mass is 937 g/mol. The number of carbonyl (C=O) groups excluding carboxylic acids is 1. The molecule has 13 nitrogen and oxygen atoms in total. The van der Waals surface area contributed by atoms with E-state index in [1.165, 1.54) is 42.9 Å². The predicted octanol–water partition coefficient (Wildman–Crippen LogP) is 10.4. The van der Waals surface area contributed by atoms with Crippen LogP contribution >= 0.6 is 46.4 Å². The molecule has 2 aromatic heterocycles. The number of hydrogen-bond acceptors (Lipinski definition) is 11. The number of ether oxygens (including phenoxy) is 5. The van der Waals surface area contributed by atoms with E-state index in [-0.39, 0.29) is 76.7 Å². The number of nitrogens with zero attached hydrogens (tertiary/aromatic N) is 4. The number of halogens is 4. The molecule has 1 atom stereocenters. The van der Waals surface area contributed by atoms with E-state index in [1.807, 2.05) is 12.1 Å². The van der Waals surface area contributed by atoms with Gasteiger partial charge in [-0.25, -0.2) is 4.79 Å². The maximum atomic E-state index is 13.4. The Morgan fingerprint density at radius 2 is 1.19 bits per heavy atom. The lowest BCUT2D eigenvalue weighted by molar-refractivity contribution is 0.0691. The minimum atomic E-state index is -1.26. The number of nitrogens with one attached hydrogen (secondary N) is 1. The molecule has 2 N–H and O–H groups in total. The SMILES string of the molecule is N#Cc1cncc(COc2cc(OCc3cccc(-c4cccc(COc5cc(OCc6cncc(C#N)c6)c(C(=O)NCC6CCCO6)cc5Cl)c4Cl)c3Cl)c(Cl)cc2C(=O)O)c1. The molecule has 3 heterocycles. The van der Waals surface area contributed by atoms with Crippen molar-refractivity contribution >= 4 is 58.3 Å². The van der Waals surface area contributed by atoms with Gasteiger partial charge < -0.3 is 34.1 Å². The van der Waals surface area contributed by atoms with Gasteiger partial charge in [0, 0.05) is 83.5 Å². The average molecular weight is 940 g/mol. The fraction of sp³-hybridized carbons (Fsp3) is 0.191. The lowest BCUT2D eigenvalue weighted by Crippen LogP contribution is -2.32. The Morgan fingerprint density at radius 1 is 0.688 bits per heavy atom. The van der Waals surface area contributed by atoms with Crippen molar-refractivity contribution in [3.8, 4) is 46.3 Å². The first kappa shape index (κ1) is 45.4. The summed E-state index contributed by atoms with van der Waals surface area (Å²) in [6.07, 6.45) is 7.61. The van der Waals surface area contributed by atoms with Gasteiger partial charge in [-0.3, -0.25) is 14.8 Å². The predicted molar refractivity (Wildman–Crippen MR) is 238 cm³/mol. The number of carboxylic acid groups (broad SMARTS) is 1. The van der Waals surface area contributed by atoms with Gasteiger partial charge in [0.2, 0.25) is 0 Å². The maximum Gasteiger partial charge on any atom is 0.339 e. The number of pyridine rings is 2. The Hall–Kier alpha value is -6.58. The second-order valence-corrected chi connectivity index (χ2v) is 15.9. The zero-order valence-electron chi connectivity index (χ0n) is 33.6. The third kappa shape index (κ3) is 11.1. The first-order valence-corrected chi connectivity index (χ1v) is 21.1. The van der Waals surface area contributed by atoms with Crippen molar-refractivity contribution in [1.29, 1.82) is 10.5 Å². The molecule has 1 amide bonds. The Balaban J connectivity index is 1.08. The largest absolute Gasteiger partial charge is 0.488 e. The molecular formula is C47H35Cl4N5O8. The smallest absolute Gasteiger partial charge is 0.339 e. The Labute approximate surface area is 387 Å². The van der Waals surface area contributed by atoms with Crippen LogP contribution in [-0.2, 0) is 31.2 Å². The molecule has 0 saturated carbocycles. The van der Waals surface area contributed by atoms with Crippen LogP contribution in [0.2, 0.25) is 20.1 Å². The summed E-state index contributed by atoms with van der Waals surface area (Å²) in [6.45, 7) is 0.829. The van der Waals surface area contributed by atoms with Gasteiger partial charge in [0.05, 0.1) is 42.9 Å². The van der Waals surface area contributed by atoms with Crippen LogP contribution in [0, 0.1) is 22.7 Å². The van der Waals surface area contributed by atoms with Crippen LogP contribution in [0.4, 0.5) is 0 Å². The van der Waals surface area contributed by atoms with E-state index in [4.69, 9.17) is 70.1 Å². The molecule has 0 radical (unpaired) electrons. The summed E-state index contributed by atoms with van der Waals surface area (Å²) in [7, 11) is 0. The van der Waals surface area contributed by atoms with E-state index < -0.39 is 11.9 Å². The molecule has 17 heteroatoms. The van der Waals surface area contributed by atoms with Crippen LogP contribution in [0.5, 0.6) is 23.0 Å². The van der Waals surface area contributed by atoms with Gasteiger partial charge in [-0.05, 0) is 37.1 Å². The fourth-order valence-corrected chi connectivity index (χ4v) is 7.67. The number of carbonyl (C=O) groups is 2. The summed E-state index contributed by atoms with van der Waals surface area (Å²) in [5, 5.41) is 32.2.